The van der Waals surface area contributed by atoms with Crippen molar-refractivity contribution < 1.29 is 9.53 Å². The number of amides is 1. The van der Waals surface area contributed by atoms with Gasteiger partial charge in [-0.3, -0.25) is 9.78 Å². The number of pyridine rings is 1. The number of benzene rings is 1. The summed E-state index contributed by atoms with van der Waals surface area (Å²) in [6.07, 6.45) is 7.42. The third-order valence-corrected chi connectivity index (χ3v) is 5.94. The van der Waals surface area contributed by atoms with Crippen LogP contribution in [0.15, 0.2) is 61.1 Å². The first-order chi connectivity index (χ1) is 16.1. The molecule has 1 N–H and O–H groups in total. The molecule has 0 unspecified atom stereocenters. The van der Waals surface area contributed by atoms with Gasteiger partial charge in [0.15, 0.2) is 0 Å². The predicted octanol–water partition coefficient (Wildman–Crippen LogP) is 3.86. The average molecular weight is 447 g/mol. The molecule has 0 aliphatic carbocycles. The Morgan fingerprint density at radius 3 is 2.91 bits per heavy atom. The van der Waals surface area contributed by atoms with E-state index in [1.807, 2.05) is 54.4 Å². The Balaban J connectivity index is 1.34. The van der Waals surface area contributed by atoms with E-state index in [4.69, 9.17) is 9.72 Å². The van der Waals surface area contributed by atoms with Crippen LogP contribution in [0.2, 0.25) is 0 Å². The lowest BCUT2D eigenvalue weighted by Gasteiger charge is -2.33. The van der Waals surface area contributed by atoms with Crippen LogP contribution in [0.1, 0.15) is 30.9 Å². The molecule has 1 fully saturated rings. The average Bonchev–Trinajstić information content (AvgIpc) is 2.88. The van der Waals surface area contributed by atoms with Gasteiger partial charge in [-0.1, -0.05) is 12.1 Å². The van der Waals surface area contributed by atoms with Gasteiger partial charge in [0.05, 0.1) is 13.3 Å². The fraction of sp³-hybridized carbons (Fsp3) is 0.360. The zero-order valence-electron chi connectivity index (χ0n) is 19.1. The summed E-state index contributed by atoms with van der Waals surface area (Å²) in [5.41, 5.74) is 2.03. The number of carbonyl (C=O) groups excluding carboxylic acids is 1. The standard InChI is InChI=1S/C25H30N6O2/c1-30(20-7-3-8-21(16-20)33-2)15-11-25(32)31-14-5-6-19(18-31)22-9-4-10-23(28-22)29-24-17-26-12-13-27-24/h3-4,7-10,12-13,16-17,19H,5-6,11,14-15,18H2,1-2H3,(H,27,28,29)/t19-/m0/s1. The maximum absolute atomic E-state index is 13.0. The normalized spacial score (nSPS) is 15.7. The van der Waals surface area contributed by atoms with Gasteiger partial charge < -0.3 is 19.9 Å². The molecule has 1 aliphatic rings. The first kappa shape index (κ1) is 22.5. The van der Waals surface area contributed by atoms with Gasteiger partial charge in [-0.2, -0.15) is 0 Å². The van der Waals surface area contributed by atoms with Gasteiger partial charge in [-0.25, -0.2) is 9.97 Å². The molecule has 33 heavy (non-hydrogen) atoms. The van der Waals surface area contributed by atoms with Gasteiger partial charge in [-0.15, -0.1) is 0 Å². The van der Waals surface area contributed by atoms with E-state index in [2.05, 4.69) is 20.2 Å². The Labute approximate surface area is 194 Å². The smallest absolute Gasteiger partial charge is 0.224 e. The number of aromatic nitrogens is 3. The number of rotatable bonds is 8. The summed E-state index contributed by atoms with van der Waals surface area (Å²) in [5.74, 6) is 2.61. The van der Waals surface area contributed by atoms with Crippen LogP contribution in [-0.4, -0.2) is 59.6 Å². The predicted molar refractivity (Wildman–Crippen MR) is 129 cm³/mol. The summed E-state index contributed by atoms with van der Waals surface area (Å²) in [7, 11) is 3.66. The van der Waals surface area contributed by atoms with Gasteiger partial charge >= 0.3 is 0 Å². The van der Waals surface area contributed by atoms with E-state index < -0.39 is 0 Å². The third-order valence-electron chi connectivity index (χ3n) is 5.94. The molecule has 2 aromatic heterocycles. The van der Waals surface area contributed by atoms with E-state index in [0.717, 1.165) is 42.3 Å². The van der Waals surface area contributed by atoms with E-state index in [-0.39, 0.29) is 11.8 Å². The fourth-order valence-corrected chi connectivity index (χ4v) is 4.09. The molecule has 0 spiro atoms. The van der Waals surface area contributed by atoms with Crippen LogP contribution in [0.4, 0.5) is 17.3 Å². The number of nitrogens with one attached hydrogen (secondary N) is 1. The summed E-state index contributed by atoms with van der Waals surface area (Å²) < 4.78 is 5.30. The van der Waals surface area contributed by atoms with Crippen molar-refractivity contribution in [1.29, 1.82) is 0 Å². The Hall–Kier alpha value is -3.68. The van der Waals surface area contributed by atoms with Crippen LogP contribution < -0.4 is 15.0 Å². The first-order valence-electron chi connectivity index (χ1n) is 11.3. The second kappa shape index (κ2) is 10.8. The van der Waals surface area contributed by atoms with Crippen molar-refractivity contribution in [3.05, 3.63) is 66.7 Å². The fourth-order valence-electron chi connectivity index (χ4n) is 4.09. The Morgan fingerprint density at radius 1 is 1.21 bits per heavy atom. The minimum absolute atomic E-state index is 0.184. The summed E-state index contributed by atoms with van der Waals surface area (Å²) in [6, 6.07) is 13.8. The largest absolute Gasteiger partial charge is 0.497 e. The zero-order chi connectivity index (χ0) is 23.0. The van der Waals surface area contributed by atoms with Gasteiger partial charge in [0, 0.05) is 68.9 Å². The lowest BCUT2D eigenvalue weighted by Crippen LogP contribution is -2.40. The summed E-state index contributed by atoms with van der Waals surface area (Å²) in [6.45, 7) is 2.15. The number of anilines is 3. The number of methoxy groups -OCH3 is 1. The molecule has 4 rings (SSSR count). The topological polar surface area (TPSA) is 83.5 Å². The zero-order valence-corrected chi connectivity index (χ0v) is 19.1. The molecule has 8 heteroatoms. The number of hydrogen-bond donors (Lipinski definition) is 1. The van der Waals surface area contributed by atoms with E-state index >= 15 is 0 Å². The maximum Gasteiger partial charge on any atom is 0.224 e. The molecule has 1 aromatic carbocycles. The molecular formula is C25H30N6O2. The van der Waals surface area contributed by atoms with Gasteiger partial charge in [0.25, 0.3) is 0 Å². The number of nitrogens with zero attached hydrogens (tertiary/aromatic N) is 5. The highest BCUT2D eigenvalue weighted by Crippen LogP contribution is 2.27. The number of piperidine rings is 1. The highest BCUT2D eigenvalue weighted by Gasteiger charge is 2.25. The Bertz CT molecular complexity index is 1060. The monoisotopic (exact) mass is 446 g/mol. The number of hydrogen-bond acceptors (Lipinski definition) is 7. The summed E-state index contributed by atoms with van der Waals surface area (Å²) in [4.78, 5) is 30.1. The lowest BCUT2D eigenvalue weighted by molar-refractivity contribution is -0.132. The van der Waals surface area contributed by atoms with Gasteiger partial charge in [-0.05, 0) is 37.1 Å². The van der Waals surface area contributed by atoms with Crippen LogP contribution in [0, 0.1) is 0 Å². The Morgan fingerprint density at radius 2 is 2.09 bits per heavy atom. The highest BCUT2D eigenvalue weighted by molar-refractivity contribution is 5.77. The molecule has 3 heterocycles. The van der Waals surface area contributed by atoms with Crippen molar-refractivity contribution in [1.82, 2.24) is 19.9 Å². The molecule has 8 nitrogen and oxygen atoms in total. The molecule has 1 saturated heterocycles. The molecule has 0 bridgehead atoms. The second-order valence-electron chi connectivity index (χ2n) is 8.22. The van der Waals surface area contributed by atoms with Crippen molar-refractivity contribution in [3.8, 4) is 5.75 Å². The molecule has 0 radical (unpaired) electrons. The van der Waals surface area contributed by atoms with Crippen LogP contribution >= 0.6 is 0 Å². The van der Waals surface area contributed by atoms with Crippen molar-refractivity contribution in [2.75, 3.05) is 44.0 Å². The van der Waals surface area contributed by atoms with Gasteiger partial charge in [0.1, 0.15) is 17.4 Å². The van der Waals surface area contributed by atoms with E-state index in [1.165, 1.54) is 0 Å². The van der Waals surface area contributed by atoms with Crippen molar-refractivity contribution in [2.24, 2.45) is 0 Å². The minimum Gasteiger partial charge on any atom is -0.497 e. The van der Waals surface area contributed by atoms with Gasteiger partial charge in [0.2, 0.25) is 5.91 Å². The third kappa shape index (κ3) is 5.97. The molecule has 3 aromatic rings. The van der Waals surface area contributed by atoms with E-state index in [0.29, 0.717) is 25.3 Å². The molecule has 172 valence electrons. The van der Waals surface area contributed by atoms with Crippen molar-refractivity contribution >= 4 is 23.2 Å². The summed E-state index contributed by atoms with van der Waals surface area (Å²) in [5, 5.41) is 3.19. The van der Waals surface area contributed by atoms with Crippen LogP contribution in [0.3, 0.4) is 0 Å². The van der Waals surface area contributed by atoms with Crippen LogP contribution in [-0.2, 0) is 4.79 Å². The Kier molecular flexibility index (Phi) is 7.34. The number of carbonyl (C=O) groups is 1. The number of likely N-dealkylation sites (tertiary alicyclic amines) is 1. The lowest BCUT2D eigenvalue weighted by atomic mass is 9.94. The maximum atomic E-state index is 13.0. The highest BCUT2D eigenvalue weighted by atomic mass is 16.5. The molecule has 0 saturated carbocycles. The molecule has 1 atom stereocenters. The summed E-state index contributed by atoms with van der Waals surface area (Å²) >= 11 is 0. The van der Waals surface area contributed by atoms with E-state index in [1.54, 1.807) is 25.7 Å². The first-order valence-corrected chi connectivity index (χ1v) is 11.3. The SMILES string of the molecule is COc1cccc(N(C)CCC(=O)N2CCC[C@H](c3cccc(Nc4cnccn4)n3)C2)c1. The van der Waals surface area contributed by atoms with Crippen LogP contribution in [0.25, 0.3) is 0 Å². The quantitative estimate of drug-likeness (QED) is 0.563. The van der Waals surface area contributed by atoms with Crippen molar-refractivity contribution in [3.63, 3.8) is 0 Å². The molecule has 1 amide bonds. The van der Waals surface area contributed by atoms with Crippen molar-refractivity contribution in [2.45, 2.75) is 25.2 Å². The molecular weight excluding hydrogens is 416 g/mol. The second-order valence-corrected chi connectivity index (χ2v) is 8.22. The van der Waals surface area contributed by atoms with Crippen LogP contribution in [0.5, 0.6) is 5.75 Å². The number of ether oxygens (including phenoxy) is 1. The van der Waals surface area contributed by atoms with E-state index in [9.17, 15) is 4.79 Å². The molecule has 1 aliphatic heterocycles. The minimum atomic E-state index is 0.184.